The third-order valence-electron chi connectivity index (χ3n) is 3.64. The summed E-state index contributed by atoms with van der Waals surface area (Å²) in [5.41, 5.74) is 2.22. The summed E-state index contributed by atoms with van der Waals surface area (Å²) in [7, 11) is 5.84. The van der Waals surface area contributed by atoms with E-state index in [1.165, 1.54) is 5.56 Å². The van der Waals surface area contributed by atoms with Gasteiger partial charge in [0.2, 0.25) is 0 Å². The summed E-state index contributed by atoms with van der Waals surface area (Å²) in [6.45, 7) is 1.50. The van der Waals surface area contributed by atoms with Gasteiger partial charge in [-0.05, 0) is 57.2 Å². The highest BCUT2D eigenvalue weighted by Gasteiger charge is 2.08. The van der Waals surface area contributed by atoms with Gasteiger partial charge in [-0.2, -0.15) is 0 Å². The number of benzene rings is 2. The number of aryl methyl sites for hydroxylation is 1. The second-order valence-electron chi connectivity index (χ2n) is 5.77. The van der Waals surface area contributed by atoms with Crippen molar-refractivity contribution in [3.63, 3.8) is 0 Å². The van der Waals surface area contributed by atoms with Crippen molar-refractivity contribution in [2.24, 2.45) is 0 Å². The average Bonchev–Trinajstić information content (AvgIpc) is 2.54. The molecule has 4 heteroatoms. The van der Waals surface area contributed by atoms with Gasteiger partial charge in [0.05, 0.1) is 7.11 Å². The molecular formula is C19H24ClNO2. The van der Waals surface area contributed by atoms with Crippen molar-refractivity contribution in [2.75, 3.05) is 27.7 Å². The highest BCUT2D eigenvalue weighted by Crippen LogP contribution is 2.30. The summed E-state index contributed by atoms with van der Waals surface area (Å²) >= 11 is 6.18. The van der Waals surface area contributed by atoms with Crippen molar-refractivity contribution in [2.45, 2.75) is 19.4 Å². The molecular weight excluding hydrogens is 310 g/mol. The molecule has 0 N–H and O–H groups in total. The number of methoxy groups -OCH3 is 1. The molecule has 0 radical (unpaired) electrons. The molecule has 0 heterocycles. The molecule has 0 saturated heterocycles. The lowest BCUT2D eigenvalue weighted by Gasteiger charge is -2.14. The minimum absolute atomic E-state index is 0.428. The molecule has 0 aliphatic heterocycles. The normalized spacial score (nSPS) is 10.8. The van der Waals surface area contributed by atoms with Crippen molar-refractivity contribution >= 4 is 11.6 Å². The quantitative estimate of drug-likeness (QED) is 0.713. The third-order valence-corrected chi connectivity index (χ3v) is 4.01. The molecule has 0 saturated carbocycles. The van der Waals surface area contributed by atoms with Crippen molar-refractivity contribution in [3.8, 4) is 11.5 Å². The van der Waals surface area contributed by atoms with E-state index in [0.717, 1.165) is 36.4 Å². The van der Waals surface area contributed by atoms with Gasteiger partial charge in [-0.25, -0.2) is 0 Å². The first-order valence-corrected chi connectivity index (χ1v) is 8.16. The van der Waals surface area contributed by atoms with E-state index < -0.39 is 0 Å². The topological polar surface area (TPSA) is 21.7 Å². The summed E-state index contributed by atoms with van der Waals surface area (Å²) in [5.74, 6) is 1.50. The lowest BCUT2D eigenvalue weighted by atomic mass is 10.1. The van der Waals surface area contributed by atoms with Gasteiger partial charge in [-0.3, -0.25) is 0 Å². The fraction of sp³-hybridized carbons (Fsp3) is 0.368. The predicted octanol–water partition coefficient (Wildman–Crippen LogP) is 4.42. The number of ether oxygens (including phenoxy) is 2. The van der Waals surface area contributed by atoms with Crippen LogP contribution in [0.25, 0.3) is 0 Å². The largest absolute Gasteiger partial charge is 0.493 e. The zero-order valence-electron chi connectivity index (χ0n) is 14.0. The monoisotopic (exact) mass is 333 g/mol. The first kappa shape index (κ1) is 17.6. The summed E-state index contributed by atoms with van der Waals surface area (Å²) in [6, 6.07) is 13.8. The van der Waals surface area contributed by atoms with Crippen molar-refractivity contribution < 1.29 is 9.47 Å². The molecule has 0 aliphatic carbocycles. The number of hydrogen-bond donors (Lipinski definition) is 0. The van der Waals surface area contributed by atoms with E-state index in [0.29, 0.717) is 11.6 Å². The lowest BCUT2D eigenvalue weighted by Crippen LogP contribution is -2.13. The van der Waals surface area contributed by atoms with Crippen molar-refractivity contribution in [1.82, 2.24) is 4.90 Å². The van der Waals surface area contributed by atoms with Crippen LogP contribution in [-0.4, -0.2) is 32.6 Å². The van der Waals surface area contributed by atoms with Gasteiger partial charge < -0.3 is 14.4 Å². The summed E-state index contributed by atoms with van der Waals surface area (Å²) in [6.07, 6.45) is 2.13. The zero-order valence-corrected chi connectivity index (χ0v) is 14.8. The Kier molecular flexibility index (Phi) is 6.75. The zero-order chi connectivity index (χ0) is 16.7. The number of rotatable bonds is 8. The second kappa shape index (κ2) is 8.80. The molecule has 124 valence electrons. The molecule has 0 unspecified atom stereocenters. The summed E-state index contributed by atoms with van der Waals surface area (Å²) in [4.78, 5) is 2.19. The molecule has 0 aromatic heterocycles. The van der Waals surface area contributed by atoms with Gasteiger partial charge in [0.25, 0.3) is 0 Å². The van der Waals surface area contributed by atoms with Gasteiger partial charge in [0.15, 0.2) is 11.5 Å². The highest BCUT2D eigenvalue weighted by atomic mass is 35.5. The summed E-state index contributed by atoms with van der Waals surface area (Å²) < 4.78 is 11.3. The summed E-state index contributed by atoms with van der Waals surface area (Å²) in [5, 5.41) is 0.716. The highest BCUT2D eigenvalue weighted by molar-refractivity contribution is 6.31. The van der Waals surface area contributed by atoms with Crippen LogP contribution in [-0.2, 0) is 13.0 Å². The first-order chi connectivity index (χ1) is 11.1. The van der Waals surface area contributed by atoms with Gasteiger partial charge in [-0.1, -0.05) is 35.9 Å². The van der Waals surface area contributed by atoms with Crippen molar-refractivity contribution in [1.29, 1.82) is 0 Å². The van der Waals surface area contributed by atoms with Gasteiger partial charge >= 0.3 is 0 Å². The minimum Gasteiger partial charge on any atom is -0.493 e. The molecule has 2 rings (SSSR count). The Labute approximate surface area is 143 Å². The number of hydrogen-bond acceptors (Lipinski definition) is 3. The number of nitrogens with zero attached hydrogens (tertiary/aromatic N) is 1. The molecule has 0 aliphatic rings. The van der Waals surface area contributed by atoms with Crippen LogP contribution < -0.4 is 9.47 Å². The van der Waals surface area contributed by atoms with E-state index in [1.807, 2.05) is 30.3 Å². The second-order valence-corrected chi connectivity index (χ2v) is 6.18. The lowest BCUT2D eigenvalue weighted by molar-refractivity contribution is 0.284. The van der Waals surface area contributed by atoms with E-state index in [2.05, 4.69) is 31.1 Å². The molecule has 0 amide bonds. The molecule has 2 aromatic rings. The van der Waals surface area contributed by atoms with Crippen LogP contribution in [0.15, 0.2) is 42.5 Å². The molecule has 0 atom stereocenters. The molecule has 23 heavy (non-hydrogen) atoms. The van der Waals surface area contributed by atoms with E-state index >= 15 is 0 Å². The standard InChI is InChI=1S/C19H24ClNO2/c1-21(2)12-6-7-15-10-11-18(22-3)19(13-15)23-14-16-8-4-5-9-17(16)20/h4-5,8-11,13H,6-7,12,14H2,1-3H3. The third kappa shape index (κ3) is 5.45. The van der Waals surface area contributed by atoms with Gasteiger partial charge in [0, 0.05) is 10.6 Å². The smallest absolute Gasteiger partial charge is 0.161 e. The Hall–Kier alpha value is -1.71. The Morgan fingerprint density at radius 3 is 2.52 bits per heavy atom. The van der Waals surface area contributed by atoms with E-state index in [-0.39, 0.29) is 0 Å². The average molecular weight is 334 g/mol. The first-order valence-electron chi connectivity index (χ1n) is 7.78. The van der Waals surface area contributed by atoms with E-state index in [9.17, 15) is 0 Å². The van der Waals surface area contributed by atoms with Crippen LogP contribution in [0.2, 0.25) is 5.02 Å². The molecule has 3 nitrogen and oxygen atoms in total. The molecule has 0 fully saturated rings. The Balaban J connectivity index is 2.05. The minimum atomic E-state index is 0.428. The Morgan fingerprint density at radius 1 is 1.04 bits per heavy atom. The van der Waals surface area contributed by atoms with Gasteiger partial charge in [-0.15, -0.1) is 0 Å². The van der Waals surface area contributed by atoms with Crippen LogP contribution in [0.4, 0.5) is 0 Å². The SMILES string of the molecule is COc1ccc(CCCN(C)C)cc1OCc1ccccc1Cl. The van der Waals surface area contributed by atoms with Crippen LogP contribution in [0.5, 0.6) is 11.5 Å². The molecule has 0 spiro atoms. The van der Waals surface area contributed by atoms with Crippen LogP contribution in [0, 0.1) is 0 Å². The Morgan fingerprint density at radius 2 is 1.83 bits per heavy atom. The maximum Gasteiger partial charge on any atom is 0.161 e. The van der Waals surface area contributed by atoms with E-state index in [4.69, 9.17) is 21.1 Å². The maximum atomic E-state index is 6.18. The molecule has 2 aromatic carbocycles. The van der Waals surface area contributed by atoms with Gasteiger partial charge in [0.1, 0.15) is 6.61 Å². The van der Waals surface area contributed by atoms with E-state index in [1.54, 1.807) is 7.11 Å². The maximum absolute atomic E-state index is 6.18. The predicted molar refractivity (Wildman–Crippen MR) is 95.7 cm³/mol. The molecule has 0 bridgehead atoms. The fourth-order valence-corrected chi connectivity index (χ4v) is 2.55. The van der Waals surface area contributed by atoms with Crippen LogP contribution in [0.1, 0.15) is 17.5 Å². The van der Waals surface area contributed by atoms with Crippen LogP contribution in [0.3, 0.4) is 0 Å². The number of halogens is 1. The van der Waals surface area contributed by atoms with Crippen LogP contribution >= 0.6 is 11.6 Å². The Bertz CT molecular complexity index is 629. The fourth-order valence-electron chi connectivity index (χ4n) is 2.36. The van der Waals surface area contributed by atoms with Crippen molar-refractivity contribution in [3.05, 3.63) is 58.6 Å².